The van der Waals surface area contributed by atoms with Gasteiger partial charge in [-0.05, 0) is 5.41 Å². The van der Waals surface area contributed by atoms with E-state index in [2.05, 4.69) is 25.9 Å². The van der Waals surface area contributed by atoms with Crippen LogP contribution in [-0.4, -0.2) is 32.4 Å². The number of hydrogen-bond donors (Lipinski definition) is 1. The molecule has 94 valence electrons. The summed E-state index contributed by atoms with van der Waals surface area (Å²) in [6.07, 6.45) is 1.72. The van der Waals surface area contributed by atoms with Gasteiger partial charge in [-0.3, -0.25) is 4.68 Å². The molecule has 1 amide bonds. The maximum Gasteiger partial charge on any atom is 0.407 e. The van der Waals surface area contributed by atoms with Crippen molar-refractivity contribution in [3.63, 3.8) is 0 Å². The second-order valence-corrected chi connectivity index (χ2v) is 5.79. The van der Waals surface area contributed by atoms with Crippen molar-refractivity contribution in [2.75, 3.05) is 6.54 Å². The molecule has 0 saturated carbocycles. The molecule has 0 bridgehead atoms. The van der Waals surface area contributed by atoms with E-state index in [0.717, 1.165) is 18.5 Å². The molecule has 1 aromatic rings. The zero-order chi connectivity index (χ0) is 12.6. The van der Waals surface area contributed by atoms with Crippen LogP contribution >= 0.6 is 0 Å². The summed E-state index contributed by atoms with van der Waals surface area (Å²) in [6, 6.07) is 0. The zero-order valence-corrected chi connectivity index (χ0v) is 10.6. The van der Waals surface area contributed by atoms with Crippen LogP contribution in [0.1, 0.15) is 32.0 Å². The Hall–Kier alpha value is -1.52. The van der Waals surface area contributed by atoms with E-state index in [1.165, 1.54) is 10.6 Å². The third-order valence-corrected chi connectivity index (χ3v) is 2.91. The van der Waals surface area contributed by atoms with Gasteiger partial charge in [0.1, 0.15) is 0 Å². The van der Waals surface area contributed by atoms with Crippen molar-refractivity contribution >= 4 is 6.09 Å². The maximum absolute atomic E-state index is 10.9. The third-order valence-electron chi connectivity index (χ3n) is 2.91. The fourth-order valence-corrected chi connectivity index (χ4v) is 2.15. The normalized spacial score (nSPS) is 15.8. The van der Waals surface area contributed by atoms with Crippen LogP contribution in [0.15, 0.2) is 6.20 Å². The van der Waals surface area contributed by atoms with Gasteiger partial charge in [-0.2, -0.15) is 5.10 Å². The molecule has 17 heavy (non-hydrogen) atoms. The third kappa shape index (κ3) is 2.60. The second kappa shape index (κ2) is 4.05. The number of nitrogens with zero attached hydrogens (tertiary/aromatic N) is 3. The van der Waals surface area contributed by atoms with Crippen molar-refractivity contribution in [2.24, 2.45) is 5.41 Å². The Balaban J connectivity index is 2.18. The van der Waals surface area contributed by atoms with E-state index in [9.17, 15) is 4.79 Å². The van der Waals surface area contributed by atoms with Gasteiger partial charge in [-0.15, -0.1) is 0 Å². The Bertz CT molecular complexity index is 431. The second-order valence-electron chi connectivity index (χ2n) is 5.79. The molecule has 2 heterocycles. The fraction of sp³-hybridized carbons (Fsp3) is 0.667. The highest BCUT2D eigenvalue weighted by Gasteiger charge is 2.24. The van der Waals surface area contributed by atoms with Crippen LogP contribution in [0.2, 0.25) is 0 Å². The molecule has 0 spiro atoms. The molecule has 0 saturated heterocycles. The fourth-order valence-electron chi connectivity index (χ4n) is 2.15. The minimum absolute atomic E-state index is 0.184. The first kappa shape index (κ1) is 12.0. The lowest BCUT2D eigenvalue weighted by Gasteiger charge is -2.26. The van der Waals surface area contributed by atoms with E-state index < -0.39 is 6.09 Å². The molecular weight excluding hydrogens is 218 g/mol. The standard InChI is InChI=1S/C12H19N3O2/c1-12(2,3)8-15-10-4-5-14(11(16)17)7-9(10)6-13-15/h6H,4-5,7-8H2,1-3H3,(H,16,17). The highest BCUT2D eigenvalue weighted by atomic mass is 16.4. The Labute approximate surface area is 101 Å². The van der Waals surface area contributed by atoms with Crippen molar-refractivity contribution < 1.29 is 9.90 Å². The molecular formula is C12H19N3O2. The largest absolute Gasteiger partial charge is 0.465 e. The monoisotopic (exact) mass is 237 g/mol. The number of hydrogen-bond acceptors (Lipinski definition) is 2. The van der Waals surface area contributed by atoms with Gasteiger partial charge < -0.3 is 10.0 Å². The lowest BCUT2D eigenvalue weighted by molar-refractivity contribution is 0.139. The minimum atomic E-state index is -0.848. The van der Waals surface area contributed by atoms with Crippen LogP contribution in [0.3, 0.4) is 0 Å². The highest BCUT2D eigenvalue weighted by Crippen LogP contribution is 2.22. The van der Waals surface area contributed by atoms with Crippen molar-refractivity contribution in [2.45, 2.75) is 40.3 Å². The predicted octanol–water partition coefficient (Wildman–Crippen LogP) is 1.97. The van der Waals surface area contributed by atoms with Crippen molar-refractivity contribution in [3.8, 4) is 0 Å². The Morgan fingerprint density at radius 1 is 1.53 bits per heavy atom. The van der Waals surface area contributed by atoms with Crippen LogP contribution in [0, 0.1) is 5.41 Å². The average Bonchev–Trinajstić information content (AvgIpc) is 2.58. The molecule has 0 radical (unpaired) electrons. The van der Waals surface area contributed by atoms with E-state index >= 15 is 0 Å². The van der Waals surface area contributed by atoms with E-state index in [0.29, 0.717) is 13.1 Å². The summed E-state index contributed by atoms with van der Waals surface area (Å²) in [5.74, 6) is 0. The van der Waals surface area contributed by atoms with Crippen molar-refractivity contribution in [3.05, 3.63) is 17.5 Å². The summed E-state index contributed by atoms with van der Waals surface area (Å²) in [5.41, 5.74) is 2.42. The van der Waals surface area contributed by atoms with Crippen LogP contribution in [-0.2, 0) is 19.5 Å². The van der Waals surface area contributed by atoms with E-state index in [1.54, 1.807) is 6.20 Å². The summed E-state index contributed by atoms with van der Waals surface area (Å²) in [6.45, 7) is 8.43. The molecule has 0 aromatic carbocycles. The van der Waals surface area contributed by atoms with Gasteiger partial charge in [0, 0.05) is 30.8 Å². The Morgan fingerprint density at radius 2 is 2.24 bits per heavy atom. The quantitative estimate of drug-likeness (QED) is 0.812. The first-order valence-corrected chi connectivity index (χ1v) is 5.88. The number of carbonyl (C=O) groups is 1. The summed E-state index contributed by atoms with van der Waals surface area (Å²) in [7, 11) is 0. The lowest BCUT2D eigenvalue weighted by Crippen LogP contribution is -2.35. The van der Waals surface area contributed by atoms with Gasteiger partial charge in [0.2, 0.25) is 0 Å². The van der Waals surface area contributed by atoms with Crippen molar-refractivity contribution in [1.82, 2.24) is 14.7 Å². The van der Waals surface area contributed by atoms with Crippen LogP contribution in [0.5, 0.6) is 0 Å². The predicted molar refractivity (Wildman–Crippen MR) is 63.8 cm³/mol. The van der Waals surface area contributed by atoms with Crippen LogP contribution in [0.4, 0.5) is 4.79 Å². The highest BCUT2D eigenvalue weighted by molar-refractivity contribution is 5.65. The smallest absolute Gasteiger partial charge is 0.407 e. The molecule has 1 aliphatic rings. The van der Waals surface area contributed by atoms with Gasteiger partial charge in [-0.1, -0.05) is 20.8 Å². The van der Waals surface area contributed by atoms with Crippen LogP contribution < -0.4 is 0 Å². The maximum atomic E-state index is 10.9. The topological polar surface area (TPSA) is 58.4 Å². The van der Waals surface area contributed by atoms with E-state index in [-0.39, 0.29) is 5.41 Å². The first-order valence-electron chi connectivity index (χ1n) is 5.88. The minimum Gasteiger partial charge on any atom is -0.465 e. The van der Waals surface area contributed by atoms with Gasteiger partial charge in [0.15, 0.2) is 0 Å². The van der Waals surface area contributed by atoms with E-state index in [4.69, 9.17) is 5.11 Å². The molecule has 1 aliphatic heterocycles. The van der Waals surface area contributed by atoms with Crippen molar-refractivity contribution in [1.29, 1.82) is 0 Å². The first-order chi connectivity index (χ1) is 7.87. The van der Waals surface area contributed by atoms with Gasteiger partial charge in [0.05, 0.1) is 12.7 Å². The molecule has 0 fully saturated rings. The average molecular weight is 237 g/mol. The van der Waals surface area contributed by atoms with E-state index in [1.807, 2.05) is 4.68 Å². The number of carboxylic acid groups (broad SMARTS) is 1. The molecule has 2 rings (SSSR count). The zero-order valence-electron chi connectivity index (χ0n) is 10.6. The van der Waals surface area contributed by atoms with Crippen LogP contribution in [0.25, 0.3) is 0 Å². The summed E-state index contributed by atoms with van der Waals surface area (Å²) < 4.78 is 2.02. The number of amides is 1. The Morgan fingerprint density at radius 3 is 2.82 bits per heavy atom. The number of aromatic nitrogens is 2. The summed E-state index contributed by atoms with van der Waals surface area (Å²) in [5, 5.41) is 13.3. The Kier molecular flexibility index (Phi) is 2.85. The molecule has 1 N–H and O–H groups in total. The molecule has 1 aromatic heterocycles. The number of fused-ring (bicyclic) bond motifs is 1. The molecule has 5 heteroatoms. The van der Waals surface area contributed by atoms with Gasteiger partial charge >= 0.3 is 6.09 Å². The van der Waals surface area contributed by atoms with Gasteiger partial charge in [-0.25, -0.2) is 4.79 Å². The summed E-state index contributed by atoms with van der Waals surface area (Å²) >= 11 is 0. The SMILES string of the molecule is CC(C)(C)Cn1ncc2c1CCN(C(=O)O)C2. The number of rotatable bonds is 1. The summed E-state index contributed by atoms with van der Waals surface area (Å²) in [4.78, 5) is 12.3. The molecule has 0 aliphatic carbocycles. The molecule has 0 unspecified atom stereocenters. The van der Waals surface area contributed by atoms with Gasteiger partial charge in [0.25, 0.3) is 0 Å². The molecule has 0 atom stereocenters. The molecule has 5 nitrogen and oxygen atoms in total. The lowest BCUT2D eigenvalue weighted by atomic mass is 9.96.